The van der Waals surface area contributed by atoms with Gasteiger partial charge in [0.2, 0.25) is 5.91 Å². The molecule has 4 heteroatoms. The Kier molecular flexibility index (Phi) is 5.23. The van der Waals surface area contributed by atoms with Gasteiger partial charge in [0.15, 0.2) is 0 Å². The molecule has 1 amide bonds. The standard InChI is InChI=1S/C18H35N3O/c1-17(2,3)20-9-7-15(8-10-20)16(22)19-11-13-21(14-12-19)18(4,5)6/h15H,7-14H2,1-6H3. The van der Waals surface area contributed by atoms with Crippen LogP contribution in [-0.2, 0) is 4.79 Å². The molecule has 128 valence electrons. The Labute approximate surface area is 136 Å². The van der Waals surface area contributed by atoms with Crippen LogP contribution in [0.4, 0.5) is 0 Å². The fraction of sp³-hybridized carbons (Fsp3) is 0.944. The van der Waals surface area contributed by atoms with Crippen molar-refractivity contribution in [3.8, 4) is 0 Å². The van der Waals surface area contributed by atoms with Crippen molar-refractivity contribution >= 4 is 5.91 Å². The van der Waals surface area contributed by atoms with Crippen molar-refractivity contribution in [3.63, 3.8) is 0 Å². The number of hydrogen-bond donors (Lipinski definition) is 0. The predicted molar refractivity (Wildman–Crippen MR) is 92.0 cm³/mol. The van der Waals surface area contributed by atoms with E-state index in [2.05, 4.69) is 56.2 Å². The van der Waals surface area contributed by atoms with Gasteiger partial charge in [-0.3, -0.25) is 14.6 Å². The highest BCUT2D eigenvalue weighted by molar-refractivity contribution is 5.79. The first-order chi connectivity index (χ1) is 10.1. The first-order valence-electron chi connectivity index (χ1n) is 8.88. The van der Waals surface area contributed by atoms with E-state index >= 15 is 0 Å². The summed E-state index contributed by atoms with van der Waals surface area (Å²) < 4.78 is 0. The van der Waals surface area contributed by atoms with Crippen molar-refractivity contribution in [2.24, 2.45) is 5.92 Å². The summed E-state index contributed by atoms with van der Waals surface area (Å²) in [5.41, 5.74) is 0.444. The maximum atomic E-state index is 12.8. The van der Waals surface area contributed by atoms with E-state index in [4.69, 9.17) is 0 Å². The minimum absolute atomic E-state index is 0.215. The zero-order valence-corrected chi connectivity index (χ0v) is 15.5. The summed E-state index contributed by atoms with van der Waals surface area (Å²) in [6, 6.07) is 0. The third-order valence-electron chi connectivity index (χ3n) is 5.33. The summed E-state index contributed by atoms with van der Waals surface area (Å²) in [5, 5.41) is 0. The molecule has 0 N–H and O–H groups in total. The molecule has 2 rings (SSSR count). The molecule has 0 bridgehead atoms. The van der Waals surface area contributed by atoms with E-state index in [1.807, 2.05) is 0 Å². The summed E-state index contributed by atoms with van der Waals surface area (Å²) in [6.45, 7) is 19.5. The van der Waals surface area contributed by atoms with Crippen LogP contribution in [0.5, 0.6) is 0 Å². The molecule has 2 heterocycles. The number of carbonyl (C=O) groups is 1. The van der Waals surface area contributed by atoms with E-state index in [9.17, 15) is 4.79 Å². The maximum Gasteiger partial charge on any atom is 0.225 e. The van der Waals surface area contributed by atoms with Crippen LogP contribution in [0.3, 0.4) is 0 Å². The van der Waals surface area contributed by atoms with Crippen LogP contribution in [0.15, 0.2) is 0 Å². The highest BCUT2D eigenvalue weighted by Crippen LogP contribution is 2.26. The molecule has 2 aliphatic rings. The average Bonchev–Trinajstić information content (AvgIpc) is 2.45. The minimum atomic E-state index is 0.215. The summed E-state index contributed by atoms with van der Waals surface area (Å²) in [7, 11) is 0. The van der Waals surface area contributed by atoms with Gasteiger partial charge in [-0.15, -0.1) is 0 Å². The Hall–Kier alpha value is -0.610. The molecule has 0 aromatic carbocycles. The summed E-state index contributed by atoms with van der Waals surface area (Å²) in [4.78, 5) is 19.9. The zero-order chi connectivity index (χ0) is 16.5. The van der Waals surface area contributed by atoms with E-state index < -0.39 is 0 Å². The number of rotatable bonds is 1. The molecule has 22 heavy (non-hydrogen) atoms. The van der Waals surface area contributed by atoms with Crippen LogP contribution in [0.1, 0.15) is 54.4 Å². The smallest absolute Gasteiger partial charge is 0.225 e. The van der Waals surface area contributed by atoms with Crippen LogP contribution in [0, 0.1) is 5.92 Å². The number of carbonyl (C=O) groups excluding carboxylic acids is 1. The van der Waals surface area contributed by atoms with Crippen LogP contribution in [0.2, 0.25) is 0 Å². The largest absolute Gasteiger partial charge is 0.340 e. The van der Waals surface area contributed by atoms with E-state index in [1.54, 1.807) is 0 Å². The number of piperidine rings is 1. The Morgan fingerprint density at radius 2 is 1.14 bits per heavy atom. The first kappa shape index (κ1) is 17.7. The third-order valence-corrected chi connectivity index (χ3v) is 5.33. The zero-order valence-electron chi connectivity index (χ0n) is 15.5. The van der Waals surface area contributed by atoms with Crippen LogP contribution >= 0.6 is 0 Å². The van der Waals surface area contributed by atoms with Crippen molar-refractivity contribution in [3.05, 3.63) is 0 Å². The molecule has 2 saturated heterocycles. The highest BCUT2D eigenvalue weighted by atomic mass is 16.2. The van der Waals surface area contributed by atoms with Crippen molar-refractivity contribution in [1.82, 2.24) is 14.7 Å². The molecule has 4 nitrogen and oxygen atoms in total. The van der Waals surface area contributed by atoms with E-state index in [1.165, 1.54) is 0 Å². The Morgan fingerprint density at radius 3 is 1.55 bits per heavy atom. The second-order valence-corrected chi connectivity index (χ2v) is 8.92. The summed E-state index contributed by atoms with van der Waals surface area (Å²) >= 11 is 0. The molecule has 0 aromatic heterocycles. The van der Waals surface area contributed by atoms with Gasteiger partial charge in [0, 0.05) is 43.2 Å². The van der Waals surface area contributed by atoms with Gasteiger partial charge in [-0.25, -0.2) is 0 Å². The van der Waals surface area contributed by atoms with Gasteiger partial charge in [0.25, 0.3) is 0 Å². The lowest BCUT2D eigenvalue weighted by molar-refractivity contribution is -0.140. The molecule has 0 unspecified atom stereocenters. The number of piperazine rings is 1. The lowest BCUT2D eigenvalue weighted by Crippen LogP contribution is -2.56. The van der Waals surface area contributed by atoms with Gasteiger partial charge in [0.1, 0.15) is 0 Å². The fourth-order valence-corrected chi connectivity index (χ4v) is 3.65. The van der Waals surface area contributed by atoms with E-state index in [0.717, 1.165) is 52.1 Å². The van der Waals surface area contributed by atoms with Gasteiger partial charge < -0.3 is 4.90 Å². The second-order valence-electron chi connectivity index (χ2n) is 8.92. The van der Waals surface area contributed by atoms with Crippen LogP contribution < -0.4 is 0 Å². The molecule has 2 aliphatic heterocycles. The maximum absolute atomic E-state index is 12.8. The number of nitrogens with zero attached hydrogens (tertiary/aromatic N) is 3. The summed E-state index contributed by atoms with van der Waals surface area (Å²) in [5.74, 6) is 0.655. The van der Waals surface area contributed by atoms with Crippen molar-refractivity contribution < 1.29 is 4.79 Å². The molecule has 0 atom stereocenters. The topological polar surface area (TPSA) is 26.8 Å². The number of likely N-dealkylation sites (tertiary alicyclic amines) is 1. The lowest BCUT2D eigenvalue weighted by atomic mass is 9.91. The second kappa shape index (κ2) is 6.48. The Balaban J connectivity index is 1.82. The Morgan fingerprint density at radius 1 is 0.727 bits per heavy atom. The van der Waals surface area contributed by atoms with Gasteiger partial charge in [0.05, 0.1) is 0 Å². The predicted octanol–water partition coefficient (Wildman–Crippen LogP) is 2.44. The molecule has 2 fully saturated rings. The summed E-state index contributed by atoms with van der Waals surface area (Å²) in [6.07, 6.45) is 2.05. The molecule has 0 spiro atoms. The molecule has 0 radical (unpaired) electrons. The highest BCUT2D eigenvalue weighted by Gasteiger charge is 2.34. The van der Waals surface area contributed by atoms with Crippen molar-refractivity contribution in [2.45, 2.75) is 65.5 Å². The number of hydrogen-bond acceptors (Lipinski definition) is 3. The minimum Gasteiger partial charge on any atom is -0.340 e. The average molecular weight is 309 g/mol. The van der Waals surface area contributed by atoms with Gasteiger partial charge in [-0.1, -0.05) is 0 Å². The van der Waals surface area contributed by atoms with Gasteiger partial charge in [-0.05, 0) is 67.5 Å². The van der Waals surface area contributed by atoms with Crippen LogP contribution in [0.25, 0.3) is 0 Å². The van der Waals surface area contributed by atoms with Crippen molar-refractivity contribution in [1.29, 1.82) is 0 Å². The fourth-order valence-electron chi connectivity index (χ4n) is 3.65. The van der Waals surface area contributed by atoms with E-state index in [0.29, 0.717) is 5.91 Å². The third kappa shape index (κ3) is 4.23. The SMILES string of the molecule is CC(C)(C)N1CCC(C(=O)N2CCN(C(C)(C)C)CC2)CC1. The first-order valence-corrected chi connectivity index (χ1v) is 8.88. The molecule has 0 saturated carbocycles. The van der Waals surface area contributed by atoms with E-state index in [-0.39, 0.29) is 17.0 Å². The molecule has 0 aromatic rings. The quantitative estimate of drug-likeness (QED) is 0.744. The monoisotopic (exact) mass is 309 g/mol. The van der Waals surface area contributed by atoms with Crippen LogP contribution in [-0.4, -0.2) is 71.0 Å². The van der Waals surface area contributed by atoms with Crippen molar-refractivity contribution in [2.75, 3.05) is 39.3 Å². The molecular weight excluding hydrogens is 274 g/mol. The van der Waals surface area contributed by atoms with Gasteiger partial charge in [-0.2, -0.15) is 0 Å². The van der Waals surface area contributed by atoms with Gasteiger partial charge >= 0.3 is 0 Å². The molecular formula is C18H35N3O. The lowest BCUT2D eigenvalue weighted by Gasteiger charge is -2.44. The number of amides is 1. The molecule has 0 aliphatic carbocycles. The normalized spacial score (nSPS) is 23.8. The Bertz CT molecular complexity index is 342.